The third-order valence-electron chi connectivity index (χ3n) is 3.59. The zero-order valence-corrected chi connectivity index (χ0v) is 13.1. The highest BCUT2D eigenvalue weighted by atomic mass is 32.2. The summed E-state index contributed by atoms with van der Waals surface area (Å²) in [6.07, 6.45) is 4.24. The van der Waals surface area contributed by atoms with Crippen LogP contribution in [0, 0.1) is 0 Å². The van der Waals surface area contributed by atoms with Gasteiger partial charge in [-0.1, -0.05) is 13.3 Å². The minimum absolute atomic E-state index is 0.0508. The summed E-state index contributed by atoms with van der Waals surface area (Å²) in [5, 5.41) is 3.03. The molecule has 0 bridgehead atoms. The van der Waals surface area contributed by atoms with Gasteiger partial charge >= 0.3 is 0 Å². The maximum absolute atomic E-state index is 12.2. The van der Waals surface area contributed by atoms with Crippen molar-refractivity contribution in [3.63, 3.8) is 0 Å². The van der Waals surface area contributed by atoms with Crippen LogP contribution in [0.25, 0.3) is 0 Å². The summed E-state index contributed by atoms with van der Waals surface area (Å²) >= 11 is 1.94. The molecule has 0 spiro atoms. The molecule has 2 heterocycles. The molecule has 4 nitrogen and oxygen atoms in total. The second kappa shape index (κ2) is 6.48. The number of anilines is 1. The quantitative estimate of drug-likeness (QED) is 0.875. The number of carbonyl (C=O) groups is 1. The van der Waals surface area contributed by atoms with E-state index in [9.17, 15) is 4.79 Å². The SMILES string of the molecule is CCCc1cc(C(=O)NCC2(C)CCCS2)cc(N)n1. The van der Waals surface area contributed by atoms with Crippen LogP contribution in [0.2, 0.25) is 0 Å². The third-order valence-corrected chi connectivity index (χ3v) is 5.13. The Balaban J connectivity index is 2.01. The summed E-state index contributed by atoms with van der Waals surface area (Å²) in [7, 11) is 0. The van der Waals surface area contributed by atoms with E-state index in [0.717, 1.165) is 25.0 Å². The highest BCUT2D eigenvalue weighted by molar-refractivity contribution is 8.00. The summed E-state index contributed by atoms with van der Waals surface area (Å²) in [5.41, 5.74) is 7.28. The Morgan fingerprint density at radius 2 is 2.35 bits per heavy atom. The summed E-state index contributed by atoms with van der Waals surface area (Å²) in [4.78, 5) is 16.5. The van der Waals surface area contributed by atoms with Crippen LogP contribution in [-0.4, -0.2) is 27.9 Å². The molecule has 1 aromatic rings. The van der Waals surface area contributed by atoms with Gasteiger partial charge in [-0.3, -0.25) is 4.79 Å². The number of pyridine rings is 1. The molecule has 0 saturated carbocycles. The Labute approximate surface area is 124 Å². The molecule has 3 N–H and O–H groups in total. The Kier molecular flexibility index (Phi) is 4.91. The van der Waals surface area contributed by atoms with E-state index < -0.39 is 0 Å². The lowest BCUT2D eigenvalue weighted by atomic mass is 10.1. The molecule has 0 aliphatic carbocycles. The first-order chi connectivity index (χ1) is 9.52. The van der Waals surface area contributed by atoms with Crippen LogP contribution in [0.3, 0.4) is 0 Å². The van der Waals surface area contributed by atoms with Gasteiger partial charge in [-0.2, -0.15) is 11.8 Å². The Morgan fingerprint density at radius 1 is 1.55 bits per heavy atom. The Hall–Kier alpha value is -1.23. The number of aryl methyl sites for hydroxylation is 1. The van der Waals surface area contributed by atoms with E-state index in [1.807, 2.05) is 17.8 Å². The average molecular weight is 293 g/mol. The minimum Gasteiger partial charge on any atom is -0.384 e. The van der Waals surface area contributed by atoms with Gasteiger partial charge in [0.25, 0.3) is 5.91 Å². The molecule has 0 radical (unpaired) electrons. The van der Waals surface area contributed by atoms with Crippen molar-refractivity contribution in [2.45, 2.75) is 44.3 Å². The minimum atomic E-state index is -0.0508. The fourth-order valence-corrected chi connectivity index (χ4v) is 3.72. The number of aromatic nitrogens is 1. The Morgan fingerprint density at radius 3 is 3.00 bits per heavy atom. The zero-order valence-electron chi connectivity index (χ0n) is 12.2. The Bertz CT molecular complexity index is 484. The second-order valence-electron chi connectivity index (χ2n) is 5.61. The van der Waals surface area contributed by atoms with Crippen molar-refractivity contribution in [1.82, 2.24) is 10.3 Å². The first-order valence-corrected chi connectivity index (χ1v) is 8.19. The van der Waals surface area contributed by atoms with E-state index in [0.29, 0.717) is 17.9 Å². The van der Waals surface area contributed by atoms with Crippen LogP contribution in [0.5, 0.6) is 0 Å². The smallest absolute Gasteiger partial charge is 0.251 e. The fourth-order valence-electron chi connectivity index (χ4n) is 2.47. The normalized spacial score (nSPS) is 21.9. The number of nitrogens with zero attached hydrogens (tertiary/aromatic N) is 1. The van der Waals surface area contributed by atoms with Crippen molar-refractivity contribution in [1.29, 1.82) is 0 Å². The van der Waals surface area contributed by atoms with Gasteiger partial charge in [0.15, 0.2) is 0 Å². The topological polar surface area (TPSA) is 68.0 Å². The van der Waals surface area contributed by atoms with Crippen LogP contribution in [-0.2, 0) is 6.42 Å². The zero-order chi connectivity index (χ0) is 14.6. The molecule has 1 aliphatic rings. The molecule has 1 atom stereocenters. The van der Waals surface area contributed by atoms with E-state index >= 15 is 0 Å². The molecule has 1 amide bonds. The number of thioether (sulfide) groups is 1. The van der Waals surface area contributed by atoms with Crippen LogP contribution < -0.4 is 11.1 Å². The van der Waals surface area contributed by atoms with Crippen molar-refractivity contribution in [2.24, 2.45) is 0 Å². The van der Waals surface area contributed by atoms with Crippen molar-refractivity contribution in [3.8, 4) is 0 Å². The standard InChI is InChI=1S/C15H23N3OS/c1-3-5-12-8-11(9-13(16)18-12)14(19)17-10-15(2)6-4-7-20-15/h8-9H,3-7,10H2,1-2H3,(H2,16,18)(H,17,19). The molecule has 1 unspecified atom stereocenters. The van der Waals surface area contributed by atoms with Crippen molar-refractivity contribution < 1.29 is 4.79 Å². The first-order valence-electron chi connectivity index (χ1n) is 7.21. The number of rotatable bonds is 5. The molecule has 20 heavy (non-hydrogen) atoms. The number of hydrogen-bond acceptors (Lipinski definition) is 4. The summed E-state index contributed by atoms with van der Waals surface area (Å²) in [6, 6.07) is 3.50. The van der Waals surface area contributed by atoms with E-state index in [1.165, 1.54) is 12.2 Å². The number of nitrogens with two attached hydrogens (primary N) is 1. The number of amides is 1. The van der Waals surface area contributed by atoms with Crippen molar-refractivity contribution >= 4 is 23.5 Å². The maximum Gasteiger partial charge on any atom is 0.251 e. The van der Waals surface area contributed by atoms with Crippen LogP contribution in [0.15, 0.2) is 12.1 Å². The van der Waals surface area contributed by atoms with Crippen LogP contribution in [0.4, 0.5) is 5.82 Å². The molecule has 1 fully saturated rings. The lowest BCUT2D eigenvalue weighted by molar-refractivity contribution is 0.0949. The number of nitrogens with one attached hydrogen (secondary N) is 1. The van der Waals surface area contributed by atoms with Crippen molar-refractivity contribution in [3.05, 3.63) is 23.4 Å². The molecule has 1 aliphatic heterocycles. The highest BCUT2D eigenvalue weighted by Crippen LogP contribution is 2.36. The number of carbonyl (C=O) groups excluding carboxylic acids is 1. The van der Waals surface area contributed by atoms with Gasteiger partial charge in [0, 0.05) is 22.5 Å². The first kappa shape index (κ1) is 15.2. The van der Waals surface area contributed by atoms with E-state index in [4.69, 9.17) is 5.73 Å². The van der Waals surface area contributed by atoms with E-state index in [1.54, 1.807) is 6.07 Å². The number of hydrogen-bond donors (Lipinski definition) is 2. The maximum atomic E-state index is 12.2. The monoisotopic (exact) mass is 293 g/mol. The summed E-state index contributed by atoms with van der Waals surface area (Å²) < 4.78 is 0.181. The second-order valence-corrected chi connectivity index (χ2v) is 7.29. The summed E-state index contributed by atoms with van der Waals surface area (Å²) in [6.45, 7) is 5.01. The van der Waals surface area contributed by atoms with E-state index in [-0.39, 0.29) is 10.7 Å². The largest absolute Gasteiger partial charge is 0.384 e. The van der Waals surface area contributed by atoms with Gasteiger partial charge in [-0.25, -0.2) is 4.98 Å². The molecule has 2 rings (SSSR count). The lowest BCUT2D eigenvalue weighted by Crippen LogP contribution is -2.36. The van der Waals surface area contributed by atoms with Crippen molar-refractivity contribution in [2.75, 3.05) is 18.0 Å². The molecular formula is C15H23N3OS. The van der Waals surface area contributed by atoms with E-state index in [2.05, 4.69) is 24.1 Å². The lowest BCUT2D eigenvalue weighted by Gasteiger charge is -2.22. The van der Waals surface area contributed by atoms with Crippen LogP contribution in [0.1, 0.15) is 49.2 Å². The molecule has 1 aromatic heterocycles. The highest BCUT2D eigenvalue weighted by Gasteiger charge is 2.29. The summed E-state index contributed by atoms with van der Waals surface area (Å²) in [5.74, 6) is 1.56. The molecule has 5 heteroatoms. The van der Waals surface area contributed by atoms with Gasteiger partial charge in [0.1, 0.15) is 5.82 Å². The molecule has 1 saturated heterocycles. The van der Waals surface area contributed by atoms with Gasteiger partial charge < -0.3 is 11.1 Å². The van der Waals surface area contributed by atoms with Gasteiger partial charge in [0.05, 0.1) is 0 Å². The molecule has 110 valence electrons. The molecule has 0 aromatic carbocycles. The fraction of sp³-hybridized carbons (Fsp3) is 0.600. The number of nitrogen functional groups attached to an aromatic ring is 1. The predicted octanol–water partition coefficient (Wildman–Crippen LogP) is 2.63. The predicted molar refractivity (Wildman–Crippen MR) is 85.1 cm³/mol. The van der Waals surface area contributed by atoms with Gasteiger partial charge in [-0.15, -0.1) is 0 Å². The average Bonchev–Trinajstić information content (AvgIpc) is 2.83. The van der Waals surface area contributed by atoms with Crippen LogP contribution >= 0.6 is 11.8 Å². The van der Waals surface area contributed by atoms with Gasteiger partial charge in [0.2, 0.25) is 0 Å². The molecular weight excluding hydrogens is 270 g/mol. The third kappa shape index (κ3) is 3.88. The van der Waals surface area contributed by atoms with Gasteiger partial charge in [-0.05, 0) is 44.1 Å².